The summed E-state index contributed by atoms with van der Waals surface area (Å²) in [5, 5.41) is 2.68. The molecule has 0 bridgehead atoms. The van der Waals surface area contributed by atoms with E-state index in [0.29, 0.717) is 30.8 Å². The van der Waals surface area contributed by atoms with E-state index in [4.69, 9.17) is 5.73 Å². The van der Waals surface area contributed by atoms with Crippen LogP contribution < -0.4 is 11.1 Å². The molecule has 6 heteroatoms. The zero-order chi connectivity index (χ0) is 14.7. The number of anilines is 1. The first-order valence-corrected chi connectivity index (χ1v) is 6.59. The van der Waals surface area contributed by atoms with Gasteiger partial charge in [-0.2, -0.15) is 0 Å². The average molecular weight is 279 g/mol. The van der Waals surface area contributed by atoms with Crippen LogP contribution in [-0.4, -0.2) is 29.9 Å². The SMILES string of the molecule is Cc1ccc(NC(=O)[C@@H]2CCCN(C(N)=O)C2)cc1F. The highest BCUT2D eigenvalue weighted by Gasteiger charge is 2.27. The van der Waals surface area contributed by atoms with Crippen LogP contribution in [0.2, 0.25) is 0 Å². The number of carbonyl (C=O) groups excluding carboxylic acids is 2. The number of likely N-dealkylation sites (tertiary alicyclic amines) is 1. The Kier molecular flexibility index (Phi) is 4.22. The van der Waals surface area contributed by atoms with Crippen LogP contribution in [0.15, 0.2) is 18.2 Å². The van der Waals surface area contributed by atoms with Gasteiger partial charge in [0, 0.05) is 18.8 Å². The predicted octanol–water partition coefficient (Wildman–Crippen LogP) is 1.86. The Morgan fingerprint density at radius 1 is 1.45 bits per heavy atom. The van der Waals surface area contributed by atoms with Crippen LogP contribution in [0.5, 0.6) is 0 Å². The smallest absolute Gasteiger partial charge is 0.314 e. The maximum Gasteiger partial charge on any atom is 0.314 e. The Bertz CT molecular complexity index is 533. The molecule has 1 saturated heterocycles. The highest BCUT2D eigenvalue weighted by Crippen LogP contribution is 2.19. The molecule has 5 nitrogen and oxygen atoms in total. The van der Waals surface area contributed by atoms with Crippen molar-refractivity contribution < 1.29 is 14.0 Å². The van der Waals surface area contributed by atoms with Crippen LogP contribution >= 0.6 is 0 Å². The van der Waals surface area contributed by atoms with Crippen LogP contribution in [0.3, 0.4) is 0 Å². The summed E-state index contributed by atoms with van der Waals surface area (Å²) in [6.45, 7) is 2.56. The van der Waals surface area contributed by atoms with Gasteiger partial charge in [-0.05, 0) is 37.5 Å². The van der Waals surface area contributed by atoms with Crippen molar-refractivity contribution in [3.8, 4) is 0 Å². The fourth-order valence-corrected chi connectivity index (χ4v) is 2.31. The largest absolute Gasteiger partial charge is 0.351 e. The van der Waals surface area contributed by atoms with E-state index >= 15 is 0 Å². The van der Waals surface area contributed by atoms with E-state index in [2.05, 4.69) is 5.32 Å². The minimum atomic E-state index is -0.510. The van der Waals surface area contributed by atoms with Crippen LogP contribution in [0, 0.1) is 18.7 Å². The monoisotopic (exact) mass is 279 g/mol. The van der Waals surface area contributed by atoms with Gasteiger partial charge in [-0.15, -0.1) is 0 Å². The third-order valence-corrected chi connectivity index (χ3v) is 3.54. The van der Waals surface area contributed by atoms with E-state index in [0.717, 1.165) is 6.42 Å². The number of hydrogen-bond acceptors (Lipinski definition) is 2. The molecule has 1 aliphatic rings. The summed E-state index contributed by atoms with van der Waals surface area (Å²) in [7, 11) is 0. The van der Waals surface area contributed by atoms with E-state index in [9.17, 15) is 14.0 Å². The predicted molar refractivity (Wildman–Crippen MR) is 73.6 cm³/mol. The van der Waals surface area contributed by atoms with Gasteiger partial charge in [-0.3, -0.25) is 4.79 Å². The molecule has 3 N–H and O–H groups in total. The molecule has 108 valence electrons. The highest BCUT2D eigenvalue weighted by molar-refractivity contribution is 5.93. The van der Waals surface area contributed by atoms with Crippen molar-refractivity contribution in [2.75, 3.05) is 18.4 Å². The Labute approximate surface area is 116 Å². The van der Waals surface area contributed by atoms with Gasteiger partial charge < -0.3 is 16.0 Å². The fraction of sp³-hybridized carbons (Fsp3) is 0.429. The molecule has 1 atom stereocenters. The van der Waals surface area contributed by atoms with Crippen molar-refractivity contribution in [1.82, 2.24) is 4.90 Å². The second kappa shape index (κ2) is 5.90. The Hall–Kier alpha value is -2.11. The number of piperidine rings is 1. The number of amides is 3. The number of aryl methyl sites for hydroxylation is 1. The number of primary amides is 1. The molecule has 0 unspecified atom stereocenters. The molecule has 0 aliphatic carbocycles. The number of benzene rings is 1. The van der Waals surface area contributed by atoms with Gasteiger partial charge in [0.15, 0.2) is 0 Å². The lowest BCUT2D eigenvalue weighted by atomic mass is 9.97. The Balaban J connectivity index is 2.00. The van der Waals surface area contributed by atoms with Crippen LogP contribution in [-0.2, 0) is 4.79 Å². The van der Waals surface area contributed by atoms with E-state index in [1.165, 1.54) is 11.0 Å². The Morgan fingerprint density at radius 2 is 2.20 bits per heavy atom. The molecular formula is C14H18FN3O2. The molecule has 0 aromatic heterocycles. The third-order valence-electron chi connectivity index (χ3n) is 3.54. The van der Waals surface area contributed by atoms with Crippen molar-refractivity contribution in [3.05, 3.63) is 29.6 Å². The number of carbonyl (C=O) groups is 2. The highest BCUT2D eigenvalue weighted by atomic mass is 19.1. The number of nitrogens with zero attached hydrogens (tertiary/aromatic N) is 1. The molecule has 20 heavy (non-hydrogen) atoms. The van der Waals surface area contributed by atoms with Gasteiger partial charge in [-0.1, -0.05) is 6.07 Å². The second-order valence-corrected chi connectivity index (χ2v) is 5.08. The minimum absolute atomic E-state index is 0.209. The van der Waals surface area contributed by atoms with Crippen molar-refractivity contribution in [3.63, 3.8) is 0 Å². The lowest BCUT2D eigenvalue weighted by Gasteiger charge is -2.30. The summed E-state index contributed by atoms with van der Waals surface area (Å²) in [5.41, 5.74) is 6.18. The molecule has 0 radical (unpaired) electrons. The maximum atomic E-state index is 13.4. The summed E-state index contributed by atoms with van der Waals surface area (Å²) in [6.07, 6.45) is 1.44. The molecule has 2 rings (SSSR count). The summed E-state index contributed by atoms with van der Waals surface area (Å²) in [5.74, 6) is -0.870. The molecule has 1 heterocycles. The van der Waals surface area contributed by atoms with E-state index in [1.54, 1.807) is 19.1 Å². The number of rotatable bonds is 2. The van der Waals surface area contributed by atoms with Gasteiger partial charge >= 0.3 is 6.03 Å². The summed E-state index contributed by atoms with van der Waals surface area (Å²) >= 11 is 0. The first kappa shape index (κ1) is 14.3. The van der Waals surface area contributed by atoms with Crippen LogP contribution in [0.25, 0.3) is 0 Å². The molecule has 3 amide bonds. The molecule has 1 aliphatic heterocycles. The summed E-state index contributed by atoms with van der Waals surface area (Å²) in [6, 6.07) is 4.05. The lowest BCUT2D eigenvalue weighted by molar-refractivity contribution is -0.121. The van der Waals surface area contributed by atoms with Crippen LogP contribution in [0.4, 0.5) is 14.9 Å². The zero-order valence-corrected chi connectivity index (χ0v) is 11.4. The van der Waals surface area contributed by atoms with Crippen LogP contribution in [0.1, 0.15) is 18.4 Å². The van der Waals surface area contributed by atoms with E-state index < -0.39 is 6.03 Å². The quantitative estimate of drug-likeness (QED) is 0.867. The van der Waals surface area contributed by atoms with Crippen molar-refractivity contribution in [2.45, 2.75) is 19.8 Å². The zero-order valence-electron chi connectivity index (χ0n) is 11.4. The molecule has 0 spiro atoms. The molecular weight excluding hydrogens is 261 g/mol. The van der Waals surface area contributed by atoms with Gasteiger partial charge in [0.2, 0.25) is 5.91 Å². The van der Waals surface area contributed by atoms with Crippen molar-refractivity contribution in [1.29, 1.82) is 0 Å². The second-order valence-electron chi connectivity index (χ2n) is 5.08. The van der Waals surface area contributed by atoms with Gasteiger partial charge in [0.05, 0.1) is 5.92 Å². The minimum Gasteiger partial charge on any atom is -0.351 e. The molecule has 0 saturated carbocycles. The standard InChI is InChI=1S/C14H18FN3O2/c1-9-4-5-11(7-12(9)15)17-13(19)10-3-2-6-18(8-10)14(16)20/h4-5,7,10H,2-3,6,8H2,1H3,(H2,16,20)(H,17,19)/t10-/m1/s1. The van der Waals surface area contributed by atoms with Crippen molar-refractivity contribution in [2.24, 2.45) is 11.7 Å². The van der Waals surface area contributed by atoms with Crippen molar-refractivity contribution >= 4 is 17.6 Å². The number of nitrogens with one attached hydrogen (secondary N) is 1. The fourth-order valence-electron chi connectivity index (χ4n) is 2.31. The Morgan fingerprint density at radius 3 is 2.85 bits per heavy atom. The number of nitrogens with two attached hydrogens (primary N) is 1. The molecule has 1 fully saturated rings. The third kappa shape index (κ3) is 3.26. The number of urea groups is 1. The molecule has 1 aromatic rings. The topological polar surface area (TPSA) is 75.4 Å². The van der Waals surface area contributed by atoms with E-state index in [1.807, 2.05) is 0 Å². The normalized spacial score (nSPS) is 18.7. The van der Waals surface area contributed by atoms with Gasteiger partial charge in [0.25, 0.3) is 0 Å². The maximum absolute atomic E-state index is 13.4. The van der Waals surface area contributed by atoms with E-state index in [-0.39, 0.29) is 17.6 Å². The average Bonchev–Trinajstić information content (AvgIpc) is 2.43. The summed E-state index contributed by atoms with van der Waals surface area (Å²) < 4.78 is 13.4. The number of halogens is 1. The first-order chi connectivity index (χ1) is 9.47. The molecule has 1 aromatic carbocycles. The first-order valence-electron chi connectivity index (χ1n) is 6.59. The lowest BCUT2D eigenvalue weighted by Crippen LogP contribution is -2.46. The van der Waals surface area contributed by atoms with Gasteiger partial charge in [-0.25, -0.2) is 9.18 Å². The van der Waals surface area contributed by atoms with Gasteiger partial charge in [0.1, 0.15) is 5.82 Å². The number of hydrogen-bond donors (Lipinski definition) is 2. The summed E-state index contributed by atoms with van der Waals surface area (Å²) in [4.78, 5) is 24.7.